The SMILES string of the molecule is CNCC[C@H](c1ccsc1)N1CCc2ncc(C)cc21. The number of hydrogen-bond acceptors (Lipinski definition) is 4. The molecule has 3 heterocycles. The number of anilines is 1. The Labute approximate surface area is 124 Å². The standard InChI is InChI=1S/C16H21N3S/c1-12-9-16-14(18-10-12)4-7-19(16)15(3-6-17-2)13-5-8-20-11-13/h5,8-11,15,17H,3-4,6-7H2,1-2H3/t15-/m1/s1. The lowest BCUT2D eigenvalue weighted by Crippen LogP contribution is -2.29. The van der Waals surface area contributed by atoms with Crippen LogP contribution in [-0.2, 0) is 6.42 Å². The molecule has 3 nitrogen and oxygen atoms in total. The number of nitrogens with one attached hydrogen (secondary N) is 1. The van der Waals surface area contributed by atoms with E-state index in [1.807, 2.05) is 13.2 Å². The van der Waals surface area contributed by atoms with Crippen LogP contribution in [0.25, 0.3) is 0 Å². The third kappa shape index (κ3) is 2.58. The van der Waals surface area contributed by atoms with Gasteiger partial charge in [-0.15, -0.1) is 0 Å². The van der Waals surface area contributed by atoms with Gasteiger partial charge in [0.05, 0.1) is 17.4 Å². The molecule has 0 spiro atoms. The van der Waals surface area contributed by atoms with Crippen molar-refractivity contribution in [2.45, 2.75) is 25.8 Å². The van der Waals surface area contributed by atoms with Crippen LogP contribution in [0.5, 0.6) is 0 Å². The van der Waals surface area contributed by atoms with Crippen LogP contribution in [0.15, 0.2) is 29.1 Å². The number of aryl methyl sites for hydroxylation is 1. The van der Waals surface area contributed by atoms with Crippen molar-refractivity contribution in [2.24, 2.45) is 0 Å². The second kappa shape index (κ2) is 5.94. The van der Waals surface area contributed by atoms with E-state index in [1.165, 1.54) is 22.5 Å². The van der Waals surface area contributed by atoms with Gasteiger partial charge in [0.2, 0.25) is 0 Å². The monoisotopic (exact) mass is 287 g/mol. The maximum atomic E-state index is 4.60. The summed E-state index contributed by atoms with van der Waals surface area (Å²) in [6, 6.07) is 5.00. The first kappa shape index (κ1) is 13.6. The molecule has 0 unspecified atom stereocenters. The lowest BCUT2D eigenvalue weighted by atomic mass is 10.1. The molecule has 20 heavy (non-hydrogen) atoms. The minimum atomic E-state index is 0.457. The van der Waals surface area contributed by atoms with E-state index in [0.29, 0.717) is 6.04 Å². The Hall–Kier alpha value is -1.39. The topological polar surface area (TPSA) is 28.2 Å². The molecule has 0 aromatic carbocycles. The van der Waals surface area contributed by atoms with Crippen LogP contribution < -0.4 is 10.2 Å². The van der Waals surface area contributed by atoms with E-state index >= 15 is 0 Å². The van der Waals surface area contributed by atoms with Gasteiger partial charge in [-0.25, -0.2) is 0 Å². The molecule has 2 aromatic rings. The van der Waals surface area contributed by atoms with Gasteiger partial charge in [0, 0.05) is 19.2 Å². The van der Waals surface area contributed by atoms with Crippen LogP contribution in [0, 0.1) is 6.92 Å². The number of pyridine rings is 1. The Morgan fingerprint density at radius 3 is 3.15 bits per heavy atom. The van der Waals surface area contributed by atoms with Crippen LogP contribution in [-0.4, -0.2) is 25.1 Å². The highest BCUT2D eigenvalue weighted by Gasteiger charge is 2.28. The molecule has 2 aromatic heterocycles. The molecule has 0 bridgehead atoms. The lowest BCUT2D eigenvalue weighted by molar-refractivity contribution is 0.570. The van der Waals surface area contributed by atoms with Gasteiger partial charge in [-0.1, -0.05) is 0 Å². The number of rotatable bonds is 5. The third-order valence-electron chi connectivity index (χ3n) is 3.95. The second-order valence-electron chi connectivity index (χ2n) is 5.39. The van der Waals surface area contributed by atoms with Crippen molar-refractivity contribution >= 4 is 17.0 Å². The number of nitrogens with zero attached hydrogens (tertiary/aromatic N) is 2. The molecule has 1 N–H and O–H groups in total. The van der Waals surface area contributed by atoms with Crippen LogP contribution in [0.2, 0.25) is 0 Å². The van der Waals surface area contributed by atoms with Crippen LogP contribution in [0.3, 0.4) is 0 Å². The summed E-state index contributed by atoms with van der Waals surface area (Å²) in [7, 11) is 2.02. The van der Waals surface area contributed by atoms with Gasteiger partial charge in [0.25, 0.3) is 0 Å². The van der Waals surface area contributed by atoms with Gasteiger partial charge in [0.1, 0.15) is 0 Å². The molecule has 1 aliphatic rings. The van der Waals surface area contributed by atoms with Crippen molar-refractivity contribution in [2.75, 3.05) is 25.0 Å². The molecule has 0 radical (unpaired) electrons. The van der Waals surface area contributed by atoms with Gasteiger partial charge < -0.3 is 10.2 Å². The predicted octanol–water partition coefficient (Wildman–Crippen LogP) is 3.16. The zero-order chi connectivity index (χ0) is 13.9. The average molecular weight is 287 g/mol. The minimum Gasteiger partial charge on any atom is -0.363 e. The number of hydrogen-bond donors (Lipinski definition) is 1. The molecule has 1 aliphatic heterocycles. The fourth-order valence-corrected chi connectivity index (χ4v) is 3.65. The Balaban J connectivity index is 1.91. The summed E-state index contributed by atoms with van der Waals surface area (Å²) >= 11 is 1.78. The molecule has 0 aliphatic carbocycles. The smallest absolute Gasteiger partial charge is 0.0654 e. The fraction of sp³-hybridized carbons (Fsp3) is 0.438. The van der Waals surface area contributed by atoms with Gasteiger partial charge in [-0.05, 0) is 61.0 Å². The average Bonchev–Trinajstić information content (AvgIpc) is 3.09. The highest BCUT2D eigenvalue weighted by atomic mass is 32.1. The Kier molecular flexibility index (Phi) is 4.03. The third-order valence-corrected chi connectivity index (χ3v) is 4.66. The normalized spacial score (nSPS) is 15.4. The van der Waals surface area contributed by atoms with Crippen molar-refractivity contribution in [3.63, 3.8) is 0 Å². The van der Waals surface area contributed by atoms with Crippen molar-refractivity contribution < 1.29 is 0 Å². The van der Waals surface area contributed by atoms with Crippen molar-refractivity contribution in [1.82, 2.24) is 10.3 Å². The first-order chi connectivity index (χ1) is 9.79. The molecule has 1 atom stereocenters. The van der Waals surface area contributed by atoms with Gasteiger partial charge in [-0.3, -0.25) is 4.98 Å². The summed E-state index contributed by atoms with van der Waals surface area (Å²) in [5.41, 5.74) is 5.26. The summed E-state index contributed by atoms with van der Waals surface area (Å²) in [6.07, 6.45) is 4.17. The summed E-state index contributed by atoms with van der Waals surface area (Å²) in [4.78, 5) is 7.13. The summed E-state index contributed by atoms with van der Waals surface area (Å²) in [6.45, 7) is 4.23. The van der Waals surface area contributed by atoms with Gasteiger partial charge in [0.15, 0.2) is 0 Å². The maximum Gasteiger partial charge on any atom is 0.0654 e. The number of fused-ring (bicyclic) bond motifs is 1. The van der Waals surface area contributed by atoms with E-state index in [2.05, 4.69) is 45.0 Å². The fourth-order valence-electron chi connectivity index (χ4n) is 2.94. The van der Waals surface area contributed by atoms with Crippen molar-refractivity contribution in [3.05, 3.63) is 45.9 Å². The number of thiophene rings is 1. The van der Waals surface area contributed by atoms with E-state index < -0.39 is 0 Å². The molecule has 0 fully saturated rings. The van der Waals surface area contributed by atoms with Crippen molar-refractivity contribution in [1.29, 1.82) is 0 Å². The molecular formula is C16H21N3S. The minimum absolute atomic E-state index is 0.457. The molecular weight excluding hydrogens is 266 g/mol. The zero-order valence-corrected chi connectivity index (χ0v) is 12.9. The largest absolute Gasteiger partial charge is 0.363 e. The van der Waals surface area contributed by atoms with Crippen LogP contribution >= 0.6 is 11.3 Å². The molecule has 4 heteroatoms. The first-order valence-corrected chi connectivity index (χ1v) is 8.12. The summed E-state index contributed by atoms with van der Waals surface area (Å²) in [5, 5.41) is 7.73. The molecule has 3 rings (SSSR count). The molecule has 0 saturated carbocycles. The maximum absolute atomic E-state index is 4.60. The predicted molar refractivity (Wildman–Crippen MR) is 85.6 cm³/mol. The van der Waals surface area contributed by atoms with E-state index in [1.54, 1.807) is 11.3 Å². The highest BCUT2D eigenvalue weighted by Crippen LogP contribution is 2.36. The van der Waals surface area contributed by atoms with E-state index in [4.69, 9.17) is 0 Å². The summed E-state index contributed by atoms with van der Waals surface area (Å²) in [5.74, 6) is 0. The molecule has 0 saturated heterocycles. The second-order valence-corrected chi connectivity index (χ2v) is 6.17. The number of aromatic nitrogens is 1. The Morgan fingerprint density at radius 1 is 1.50 bits per heavy atom. The van der Waals surface area contributed by atoms with Gasteiger partial charge >= 0.3 is 0 Å². The zero-order valence-electron chi connectivity index (χ0n) is 12.1. The lowest BCUT2D eigenvalue weighted by Gasteiger charge is -2.30. The quantitative estimate of drug-likeness (QED) is 0.915. The molecule has 0 amide bonds. The van der Waals surface area contributed by atoms with Crippen molar-refractivity contribution in [3.8, 4) is 0 Å². The van der Waals surface area contributed by atoms with Crippen LogP contribution in [0.1, 0.15) is 29.3 Å². The van der Waals surface area contributed by atoms with E-state index in [9.17, 15) is 0 Å². The molecule has 106 valence electrons. The van der Waals surface area contributed by atoms with Gasteiger partial charge in [-0.2, -0.15) is 11.3 Å². The Morgan fingerprint density at radius 2 is 2.40 bits per heavy atom. The van der Waals surface area contributed by atoms with E-state index in [-0.39, 0.29) is 0 Å². The Bertz CT molecular complexity index is 565. The van der Waals surface area contributed by atoms with Crippen LogP contribution in [0.4, 0.5) is 5.69 Å². The highest BCUT2D eigenvalue weighted by molar-refractivity contribution is 7.08. The summed E-state index contributed by atoms with van der Waals surface area (Å²) < 4.78 is 0. The van der Waals surface area contributed by atoms with E-state index in [0.717, 1.165) is 25.9 Å². The first-order valence-electron chi connectivity index (χ1n) is 7.18.